The maximum atomic E-state index is 13.2. The number of nitrogens with one attached hydrogen (secondary N) is 1. The van der Waals surface area contributed by atoms with Gasteiger partial charge < -0.3 is 5.32 Å². The van der Waals surface area contributed by atoms with Crippen LogP contribution in [0.2, 0.25) is 0 Å². The maximum absolute atomic E-state index is 13.2. The predicted octanol–water partition coefficient (Wildman–Crippen LogP) is 1.25. The fourth-order valence-corrected chi connectivity index (χ4v) is 2.46. The van der Waals surface area contributed by atoms with Crippen LogP contribution < -0.4 is 5.32 Å². The maximum Gasteiger partial charge on any atom is 0.446 e. The van der Waals surface area contributed by atoms with Crippen molar-refractivity contribution in [3.05, 3.63) is 0 Å². The van der Waals surface area contributed by atoms with Crippen molar-refractivity contribution >= 4 is 16.0 Å². The highest BCUT2D eigenvalue weighted by Gasteiger charge is 2.53. The third-order valence-electron chi connectivity index (χ3n) is 3.07. The highest BCUT2D eigenvalue weighted by Crippen LogP contribution is 2.25. The molecule has 1 rings (SSSR count). The second kappa shape index (κ2) is 5.92. The van der Waals surface area contributed by atoms with E-state index in [2.05, 4.69) is 4.18 Å². The molecule has 1 amide bonds. The lowest BCUT2D eigenvalue weighted by atomic mass is 9.89. The summed E-state index contributed by atoms with van der Waals surface area (Å²) >= 11 is 0. The summed E-state index contributed by atoms with van der Waals surface area (Å²) in [6.45, 7) is 0.0770. The molecule has 0 aromatic rings. The molecule has 0 unspecified atom stereocenters. The van der Waals surface area contributed by atoms with Crippen molar-refractivity contribution in [2.75, 3.05) is 13.7 Å². The van der Waals surface area contributed by atoms with Crippen molar-refractivity contribution < 1.29 is 26.2 Å². The second-order valence-corrected chi connectivity index (χ2v) is 6.11. The van der Waals surface area contributed by atoms with Crippen LogP contribution in [-0.4, -0.2) is 33.2 Å². The van der Waals surface area contributed by atoms with Crippen molar-refractivity contribution in [2.45, 2.75) is 37.4 Å². The molecule has 0 aliphatic heterocycles. The number of halogens is 2. The van der Waals surface area contributed by atoms with Crippen LogP contribution in [0.4, 0.5) is 8.78 Å². The third kappa shape index (κ3) is 3.38. The Bertz CT molecular complexity index is 391. The van der Waals surface area contributed by atoms with Gasteiger partial charge in [-0.1, -0.05) is 19.3 Å². The normalized spacial score (nSPS) is 18.6. The van der Waals surface area contributed by atoms with Gasteiger partial charge in [0, 0.05) is 6.54 Å². The zero-order valence-corrected chi connectivity index (χ0v) is 10.9. The number of hydrogen-bond acceptors (Lipinski definition) is 4. The van der Waals surface area contributed by atoms with E-state index in [4.69, 9.17) is 0 Å². The molecule has 18 heavy (non-hydrogen) atoms. The minimum atomic E-state index is -5.20. The smallest absolute Gasteiger partial charge is 0.350 e. The van der Waals surface area contributed by atoms with E-state index in [0.29, 0.717) is 7.11 Å². The van der Waals surface area contributed by atoms with E-state index in [1.807, 2.05) is 5.32 Å². The van der Waals surface area contributed by atoms with Crippen molar-refractivity contribution in [2.24, 2.45) is 5.92 Å². The third-order valence-corrected chi connectivity index (χ3v) is 4.33. The molecule has 0 aromatic heterocycles. The summed E-state index contributed by atoms with van der Waals surface area (Å²) in [5, 5.41) is -2.56. The van der Waals surface area contributed by atoms with E-state index >= 15 is 0 Å². The summed E-state index contributed by atoms with van der Waals surface area (Å²) in [6, 6.07) is 0. The quantitative estimate of drug-likeness (QED) is 0.772. The molecule has 0 spiro atoms. The molecule has 106 valence electrons. The number of hydrogen-bond donors (Lipinski definition) is 1. The largest absolute Gasteiger partial charge is 0.446 e. The summed E-state index contributed by atoms with van der Waals surface area (Å²) in [5.74, 6) is -1.68. The molecule has 1 fully saturated rings. The molecule has 1 aliphatic carbocycles. The molecule has 5 nitrogen and oxygen atoms in total. The first-order valence-electron chi connectivity index (χ1n) is 5.77. The first kappa shape index (κ1) is 15.3. The van der Waals surface area contributed by atoms with Crippen molar-refractivity contribution in [3.8, 4) is 0 Å². The fourth-order valence-electron chi connectivity index (χ4n) is 1.95. The standard InChI is InChI=1S/C10H17F2NO4S/c1-17-18(15,16)10(11,12)9(14)13-7-8-5-3-2-4-6-8/h8H,2-7H2,1H3,(H,13,14). The molecule has 0 saturated heterocycles. The summed E-state index contributed by atoms with van der Waals surface area (Å²) in [4.78, 5) is 11.2. The van der Waals surface area contributed by atoms with E-state index in [9.17, 15) is 22.0 Å². The van der Waals surface area contributed by atoms with E-state index < -0.39 is 21.3 Å². The molecule has 0 bridgehead atoms. The molecule has 1 N–H and O–H groups in total. The van der Waals surface area contributed by atoms with E-state index in [1.54, 1.807) is 0 Å². The molecule has 1 aliphatic rings. The van der Waals surface area contributed by atoms with Gasteiger partial charge in [0.1, 0.15) is 0 Å². The van der Waals surface area contributed by atoms with Crippen LogP contribution in [0.3, 0.4) is 0 Å². The summed E-state index contributed by atoms with van der Waals surface area (Å²) in [7, 11) is -4.60. The fraction of sp³-hybridized carbons (Fsp3) is 0.900. The van der Waals surface area contributed by atoms with Crippen LogP contribution in [0.5, 0.6) is 0 Å². The van der Waals surface area contributed by atoms with Crippen LogP contribution in [0.1, 0.15) is 32.1 Å². The molecular formula is C10H17F2NO4S. The summed E-state index contributed by atoms with van der Waals surface area (Å²) < 4.78 is 51.9. The van der Waals surface area contributed by atoms with Gasteiger partial charge in [0.15, 0.2) is 0 Å². The Hall–Kier alpha value is -0.760. The first-order chi connectivity index (χ1) is 8.31. The number of amides is 1. The summed E-state index contributed by atoms with van der Waals surface area (Å²) in [6.07, 6.45) is 4.85. The minimum absolute atomic E-state index is 0.0770. The molecule has 0 heterocycles. The molecule has 0 atom stereocenters. The van der Waals surface area contributed by atoms with Crippen molar-refractivity contribution in [1.29, 1.82) is 0 Å². The predicted molar refractivity (Wildman–Crippen MR) is 60.5 cm³/mol. The lowest BCUT2D eigenvalue weighted by Crippen LogP contribution is -2.47. The van der Waals surface area contributed by atoms with Crippen LogP contribution in [0, 0.1) is 5.92 Å². The first-order valence-corrected chi connectivity index (χ1v) is 7.18. The van der Waals surface area contributed by atoms with Gasteiger partial charge in [0.25, 0.3) is 0 Å². The average molecular weight is 285 g/mol. The Labute approximate surface area is 105 Å². The average Bonchev–Trinajstić information content (AvgIpc) is 2.36. The number of carbonyl (C=O) groups excluding carboxylic acids is 1. The van der Waals surface area contributed by atoms with Crippen LogP contribution in [-0.2, 0) is 19.1 Å². The van der Waals surface area contributed by atoms with Gasteiger partial charge in [-0.3, -0.25) is 8.98 Å². The highest BCUT2D eigenvalue weighted by molar-refractivity contribution is 7.88. The zero-order valence-electron chi connectivity index (χ0n) is 10.1. The number of rotatable bonds is 5. The monoisotopic (exact) mass is 285 g/mol. The lowest BCUT2D eigenvalue weighted by molar-refractivity contribution is -0.136. The van der Waals surface area contributed by atoms with Gasteiger partial charge in [0.05, 0.1) is 7.11 Å². The van der Waals surface area contributed by atoms with Crippen molar-refractivity contribution in [1.82, 2.24) is 5.32 Å². The van der Waals surface area contributed by atoms with Gasteiger partial charge in [0.2, 0.25) is 0 Å². The molecular weight excluding hydrogens is 268 g/mol. The van der Waals surface area contributed by atoms with Gasteiger partial charge in [-0.2, -0.15) is 17.2 Å². The van der Waals surface area contributed by atoms with E-state index in [-0.39, 0.29) is 12.5 Å². The Morgan fingerprint density at radius 1 is 1.33 bits per heavy atom. The second-order valence-electron chi connectivity index (χ2n) is 4.35. The number of alkyl halides is 2. The molecule has 1 saturated carbocycles. The van der Waals surface area contributed by atoms with Gasteiger partial charge in [-0.25, -0.2) is 0 Å². The van der Waals surface area contributed by atoms with E-state index in [0.717, 1.165) is 32.1 Å². The molecule has 0 aromatic carbocycles. The van der Waals surface area contributed by atoms with Crippen LogP contribution >= 0.6 is 0 Å². The SMILES string of the molecule is COS(=O)(=O)C(F)(F)C(=O)NCC1CCCCC1. The van der Waals surface area contributed by atoms with Gasteiger partial charge in [-0.15, -0.1) is 0 Å². The highest BCUT2D eigenvalue weighted by atomic mass is 32.2. The Balaban J connectivity index is 2.54. The van der Waals surface area contributed by atoms with Crippen LogP contribution in [0.25, 0.3) is 0 Å². The van der Waals surface area contributed by atoms with Crippen LogP contribution in [0.15, 0.2) is 0 Å². The topological polar surface area (TPSA) is 72.5 Å². The van der Waals surface area contributed by atoms with E-state index in [1.165, 1.54) is 0 Å². The Morgan fingerprint density at radius 2 is 1.89 bits per heavy atom. The lowest BCUT2D eigenvalue weighted by Gasteiger charge is -2.22. The molecule has 0 radical (unpaired) electrons. The zero-order chi connectivity index (χ0) is 13.8. The minimum Gasteiger partial charge on any atom is -0.350 e. The summed E-state index contributed by atoms with van der Waals surface area (Å²) in [5.41, 5.74) is 0. The van der Waals surface area contributed by atoms with Gasteiger partial charge >= 0.3 is 21.3 Å². The molecule has 8 heteroatoms. The van der Waals surface area contributed by atoms with Crippen molar-refractivity contribution in [3.63, 3.8) is 0 Å². The Kier molecular flexibility index (Phi) is 5.03. The Morgan fingerprint density at radius 3 is 2.39 bits per heavy atom. The number of carbonyl (C=O) groups is 1. The van der Waals surface area contributed by atoms with Gasteiger partial charge in [-0.05, 0) is 18.8 Å².